The molecular formula is C14H27N3O. The first kappa shape index (κ1) is 13.8. The Morgan fingerprint density at radius 2 is 1.67 bits per heavy atom. The summed E-state index contributed by atoms with van der Waals surface area (Å²) in [5, 5.41) is 6.53. The smallest absolute Gasteiger partial charge is 0.237 e. The van der Waals surface area contributed by atoms with Gasteiger partial charge in [0.2, 0.25) is 5.91 Å². The Morgan fingerprint density at radius 1 is 1.06 bits per heavy atom. The first-order valence-corrected chi connectivity index (χ1v) is 7.36. The number of hydrogen-bond donors (Lipinski definition) is 2. The number of rotatable bonds is 5. The molecule has 4 nitrogen and oxygen atoms in total. The van der Waals surface area contributed by atoms with E-state index in [4.69, 9.17) is 0 Å². The average Bonchev–Trinajstić information content (AvgIpc) is 3.13. The van der Waals surface area contributed by atoms with Gasteiger partial charge in [0.15, 0.2) is 0 Å². The van der Waals surface area contributed by atoms with E-state index >= 15 is 0 Å². The maximum atomic E-state index is 11.9. The summed E-state index contributed by atoms with van der Waals surface area (Å²) < 4.78 is 0. The molecule has 1 amide bonds. The fourth-order valence-corrected chi connectivity index (χ4v) is 2.57. The molecule has 18 heavy (non-hydrogen) atoms. The van der Waals surface area contributed by atoms with E-state index in [0.29, 0.717) is 18.1 Å². The number of likely N-dealkylation sites (tertiary alicyclic amines) is 1. The van der Waals surface area contributed by atoms with Gasteiger partial charge in [0.05, 0.1) is 6.04 Å². The predicted molar refractivity (Wildman–Crippen MR) is 73.5 cm³/mol. The van der Waals surface area contributed by atoms with Crippen LogP contribution in [-0.4, -0.2) is 48.1 Å². The fourth-order valence-electron chi connectivity index (χ4n) is 2.57. The number of nitrogens with zero attached hydrogens (tertiary/aromatic N) is 1. The van der Waals surface area contributed by atoms with E-state index in [0.717, 1.165) is 38.8 Å². The standard InChI is InChI=1S/C14H27N3O/c1-10(2)17-8-6-13(7-9-17)15-11(3)14(18)16-12-4-5-12/h10-13,15H,4-9H2,1-3H3,(H,16,18). The lowest BCUT2D eigenvalue weighted by atomic mass is 10.0. The molecule has 2 rings (SSSR count). The second kappa shape index (κ2) is 6.02. The summed E-state index contributed by atoms with van der Waals surface area (Å²) in [6.07, 6.45) is 4.62. The second-order valence-corrected chi connectivity index (χ2v) is 6.08. The van der Waals surface area contributed by atoms with Crippen LogP contribution in [0.3, 0.4) is 0 Å². The highest BCUT2D eigenvalue weighted by atomic mass is 16.2. The van der Waals surface area contributed by atoms with Gasteiger partial charge in [-0.3, -0.25) is 4.79 Å². The molecule has 0 bridgehead atoms. The molecule has 1 aliphatic heterocycles. The molecule has 1 atom stereocenters. The van der Waals surface area contributed by atoms with Gasteiger partial charge in [-0.2, -0.15) is 0 Å². The first-order chi connectivity index (χ1) is 8.56. The van der Waals surface area contributed by atoms with Crippen molar-refractivity contribution in [2.75, 3.05) is 13.1 Å². The third-order valence-electron chi connectivity index (χ3n) is 4.06. The van der Waals surface area contributed by atoms with Gasteiger partial charge < -0.3 is 15.5 Å². The van der Waals surface area contributed by atoms with Gasteiger partial charge in [-0.05, 0) is 59.5 Å². The van der Waals surface area contributed by atoms with Crippen LogP contribution in [0.2, 0.25) is 0 Å². The number of piperidine rings is 1. The Morgan fingerprint density at radius 3 is 2.17 bits per heavy atom. The molecule has 0 aromatic carbocycles. The Kier molecular flexibility index (Phi) is 4.62. The van der Waals surface area contributed by atoms with Crippen LogP contribution >= 0.6 is 0 Å². The second-order valence-electron chi connectivity index (χ2n) is 6.08. The Balaban J connectivity index is 1.68. The van der Waals surface area contributed by atoms with Crippen LogP contribution < -0.4 is 10.6 Å². The molecule has 1 saturated heterocycles. The highest BCUT2D eigenvalue weighted by Gasteiger charge is 2.27. The van der Waals surface area contributed by atoms with Crippen LogP contribution in [0.25, 0.3) is 0 Å². The van der Waals surface area contributed by atoms with Crippen molar-refractivity contribution in [1.29, 1.82) is 0 Å². The maximum Gasteiger partial charge on any atom is 0.237 e. The van der Waals surface area contributed by atoms with E-state index in [9.17, 15) is 4.79 Å². The lowest BCUT2D eigenvalue weighted by Gasteiger charge is -2.35. The highest BCUT2D eigenvalue weighted by molar-refractivity contribution is 5.81. The summed E-state index contributed by atoms with van der Waals surface area (Å²) in [6.45, 7) is 8.77. The molecule has 2 fully saturated rings. The van der Waals surface area contributed by atoms with Crippen molar-refractivity contribution in [3.8, 4) is 0 Å². The minimum absolute atomic E-state index is 0.0544. The summed E-state index contributed by atoms with van der Waals surface area (Å²) >= 11 is 0. The van der Waals surface area contributed by atoms with Gasteiger partial charge in [-0.15, -0.1) is 0 Å². The quantitative estimate of drug-likeness (QED) is 0.771. The summed E-state index contributed by atoms with van der Waals surface area (Å²) in [4.78, 5) is 14.4. The van der Waals surface area contributed by atoms with Crippen LogP contribution in [0.4, 0.5) is 0 Å². The lowest BCUT2D eigenvalue weighted by Crippen LogP contribution is -2.51. The number of nitrogens with one attached hydrogen (secondary N) is 2. The number of carbonyl (C=O) groups excluding carboxylic acids is 1. The normalized spacial score (nSPS) is 24.2. The van der Waals surface area contributed by atoms with Crippen LogP contribution in [-0.2, 0) is 4.79 Å². The number of amides is 1. The minimum Gasteiger partial charge on any atom is -0.352 e. The van der Waals surface area contributed by atoms with Crippen molar-refractivity contribution in [2.45, 2.75) is 70.6 Å². The SMILES string of the molecule is CC(NC1CCN(C(C)C)CC1)C(=O)NC1CC1. The molecular weight excluding hydrogens is 226 g/mol. The molecule has 1 heterocycles. The maximum absolute atomic E-state index is 11.9. The van der Waals surface area contributed by atoms with Gasteiger partial charge in [-0.25, -0.2) is 0 Å². The fraction of sp³-hybridized carbons (Fsp3) is 0.929. The summed E-state index contributed by atoms with van der Waals surface area (Å²) in [5.41, 5.74) is 0. The Hall–Kier alpha value is -0.610. The van der Waals surface area contributed by atoms with Crippen molar-refractivity contribution in [3.05, 3.63) is 0 Å². The molecule has 0 aromatic rings. The van der Waals surface area contributed by atoms with Gasteiger partial charge in [-0.1, -0.05) is 0 Å². The molecule has 1 saturated carbocycles. The van der Waals surface area contributed by atoms with Crippen molar-refractivity contribution in [1.82, 2.24) is 15.5 Å². The van der Waals surface area contributed by atoms with Crippen molar-refractivity contribution < 1.29 is 4.79 Å². The molecule has 4 heteroatoms. The minimum atomic E-state index is -0.0544. The summed E-state index contributed by atoms with van der Waals surface area (Å²) in [7, 11) is 0. The van der Waals surface area contributed by atoms with E-state index in [1.165, 1.54) is 0 Å². The number of hydrogen-bond acceptors (Lipinski definition) is 3. The van der Waals surface area contributed by atoms with E-state index < -0.39 is 0 Å². The van der Waals surface area contributed by atoms with E-state index in [1.807, 2.05) is 6.92 Å². The third-order valence-corrected chi connectivity index (χ3v) is 4.06. The highest BCUT2D eigenvalue weighted by Crippen LogP contribution is 2.19. The van der Waals surface area contributed by atoms with Gasteiger partial charge in [0, 0.05) is 18.1 Å². The number of carbonyl (C=O) groups is 1. The molecule has 2 N–H and O–H groups in total. The van der Waals surface area contributed by atoms with E-state index in [1.54, 1.807) is 0 Å². The summed E-state index contributed by atoms with van der Waals surface area (Å²) in [5.74, 6) is 0.170. The van der Waals surface area contributed by atoms with Gasteiger partial charge in [0.25, 0.3) is 0 Å². The first-order valence-electron chi connectivity index (χ1n) is 7.36. The topological polar surface area (TPSA) is 44.4 Å². The molecule has 104 valence electrons. The largest absolute Gasteiger partial charge is 0.352 e. The lowest BCUT2D eigenvalue weighted by molar-refractivity contribution is -0.123. The van der Waals surface area contributed by atoms with Crippen LogP contribution in [0, 0.1) is 0 Å². The molecule has 1 unspecified atom stereocenters. The Bertz CT molecular complexity index is 281. The zero-order valence-corrected chi connectivity index (χ0v) is 11.9. The predicted octanol–water partition coefficient (Wildman–Crippen LogP) is 1.12. The van der Waals surface area contributed by atoms with Crippen molar-refractivity contribution >= 4 is 5.91 Å². The van der Waals surface area contributed by atoms with Gasteiger partial charge >= 0.3 is 0 Å². The zero-order valence-electron chi connectivity index (χ0n) is 11.9. The van der Waals surface area contributed by atoms with Crippen molar-refractivity contribution in [3.63, 3.8) is 0 Å². The molecule has 2 aliphatic rings. The van der Waals surface area contributed by atoms with Crippen LogP contribution in [0.1, 0.15) is 46.5 Å². The van der Waals surface area contributed by atoms with Crippen LogP contribution in [0.5, 0.6) is 0 Å². The monoisotopic (exact) mass is 253 g/mol. The molecule has 0 radical (unpaired) electrons. The van der Waals surface area contributed by atoms with Crippen LogP contribution in [0.15, 0.2) is 0 Å². The Labute approximate surface area is 110 Å². The zero-order chi connectivity index (χ0) is 13.1. The summed E-state index contributed by atoms with van der Waals surface area (Å²) in [6, 6.07) is 1.55. The molecule has 1 aliphatic carbocycles. The van der Waals surface area contributed by atoms with Gasteiger partial charge in [0.1, 0.15) is 0 Å². The van der Waals surface area contributed by atoms with E-state index in [2.05, 4.69) is 29.4 Å². The molecule has 0 spiro atoms. The van der Waals surface area contributed by atoms with E-state index in [-0.39, 0.29) is 11.9 Å². The van der Waals surface area contributed by atoms with Crippen molar-refractivity contribution in [2.24, 2.45) is 0 Å². The molecule has 0 aromatic heterocycles. The third kappa shape index (κ3) is 3.95. The average molecular weight is 253 g/mol.